The Morgan fingerprint density at radius 1 is 0.900 bits per heavy atom. The van der Waals surface area contributed by atoms with E-state index >= 15 is 0 Å². The van der Waals surface area contributed by atoms with Crippen LogP contribution in [0.2, 0.25) is 0 Å². The highest BCUT2D eigenvalue weighted by atomic mass is 32.2. The van der Waals surface area contributed by atoms with Gasteiger partial charge < -0.3 is 5.32 Å². The molecule has 0 spiro atoms. The van der Waals surface area contributed by atoms with Gasteiger partial charge in [0, 0.05) is 17.8 Å². The average molecular weight is 421 g/mol. The number of hydrogen-bond acceptors (Lipinski definition) is 3. The number of rotatable bonds is 4. The third-order valence-corrected chi connectivity index (χ3v) is 7.27. The topological polar surface area (TPSA) is 66.5 Å². The lowest BCUT2D eigenvalue weighted by Crippen LogP contribution is -2.29. The van der Waals surface area contributed by atoms with Crippen LogP contribution in [0.15, 0.2) is 65.6 Å². The molecule has 1 aliphatic rings. The maximum Gasteiger partial charge on any atom is 0.264 e. The van der Waals surface area contributed by atoms with E-state index in [-0.39, 0.29) is 10.8 Å². The molecule has 0 radical (unpaired) electrons. The zero-order chi connectivity index (χ0) is 21.5. The van der Waals surface area contributed by atoms with Crippen LogP contribution in [0.1, 0.15) is 32.6 Å². The summed E-state index contributed by atoms with van der Waals surface area (Å²) in [4.78, 5) is 13.0. The van der Waals surface area contributed by atoms with Crippen molar-refractivity contribution in [2.24, 2.45) is 0 Å². The molecule has 1 aliphatic heterocycles. The van der Waals surface area contributed by atoms with Crippen LogP contribution < -0.4 is 9.62 Å². The molecule has 6 heteroatoms. The van der Waals surface area contributed by atoms with Gasteiger partial charge in [-0.1, -0.05) is 29.8 Å². The Morgan fingerprint density at radius 3 is 2.33 bits per heavy atom. The van der Waals surface area contributed by atoms with Gasteiger partial charge in [-0.05, 0) is 80.3 Å². The number of aryl methyl sites for hydroxylation is 3. The fourth-order valence-corrected chi connectivity index (χ4v) is 5.17. The van der Waals surface area contributed by atoms with Crippen LogP contribution in [0.3, 0.4) is 0 Å². The number of nitrogens with zero attached hydrogens (tertiary/aromatic N) is 1. The number of sulfonamides is 1. The van der Waals surface area contributed by atoms with Gasteiger partial charge in [0.1, 0.15) is 0 Å². The number of carbonyl (C=O) groups excluding carboxylic acids is 1. The van der Waals surface area contributed by atoms with Gasteiger partial charge in [0.25, 0.3) is 15.9 Å². The number of hydrogen-bond donors (Lipinski definition) is 1. The fraction of sp³-hybridized carbons (Fsp3) is 0.208. The number of amides is 1. The van der Waals surface area contributed by atoms with E-state index in [0.29, 0.717) is 24.2 Å². The van der Waals surface area contributed by atoms with Gasteiger partial charge in [0.05, 0.1) is 10.6 Å². The van der Waals surface area contributed by atoms with E-state index < -0.39 is 10.0 Å². The van der Waals surface area contributed by atoms with Gasteiger partial charge in [-0.15, -0.1) is 0 Å². The van der Waals surface area contributed by atoms with Crippen LogP contribution in [0.4, 0.5) is 11.4 Å². The van der Waals surface area contributed by atoms with E-state index in [1.807, 2.05) is 39.0 Å². The molecule has 0 bridgehead atoms. The first kappa shape index (κ1) is 20.2. The normalized spacial score (nSPS) is 13.2. The maximum atomic E-state index is 13.1. The van der Waals surface area contributed by atoms with Crippen LogP contribution in [-0.2, 0) is 16.4 Å². The molecular weight excluding hydrogens is 396 g/mol. The summed E-state index contributed by atoms with van der Waals surface area (Å²) in [6, 6.07) is 18.0. The molecule has 30 heavy (non-hydrogen) atoms. The van der Waals surface area contributed by atoms with E-state index in [0.717, 1.165) is 27.9 Å². The van der Waals surface area contributed by atoms with Crippen molar-refractivity contribution in [3.05, 3.63) is 88.5 Å². The smallest absolute Gasteiger partial charge is 0.264 e. The van der Waals surface area contributed by atoms with Crippen molar-refractivity contribution in [3.63, 3.8) is 0 Å². The van der Waals surface area contributed by atoms with Gasteiger partial charge in [-0.25, -0.2) is 8.42 Å². The zero-order valence-electron chi connectivity index (χ0n) is 17.3. The molecule has 0 fully saturated rings. The van der Waals surface area contributed by atoms with Crippen molar-refractivity contribution in [1.29, 1.82) is 0 Å². The lowest BCUT2D eigenvalue weighted by molar-refractivity contribution is 0.102. The van der Waals surface area contributed by atoms with Crippen molar-refractivity contribution in [1.82, 2.24) is 0 Å². The lowest BCUT2D eigenvalue weighted by Gasteiger charge is -2.20. The highest BCUT2D eigenvalue weighted by Gasteiger charge is 2.31. The quantitative estimate of drug-likeness (QED) is 0.670. The predicted molar refractivity (Wildman–Crippen MR) is 120 cm³/mol. The van der Waals surface area contributed by atoms with Crippen LogP contribution >= 0.6 is 0 Å². The number of carbonyl (C=O) groups is 1. The fourth-order valence-electron chi connectivity index (χ4n) is 3.66. The molecule has 0 aromatic heterocycles. The molecule has 0 saturated heterocycles. The number of nitrogens with one attached hydrogen (secondary N) is 1. The minimum atomic E-state index is -3.63. The Balaban J connectivity index is 1.60. The third kappa shape index (κ3) is 3.71. The Kier molecular flexibility index (Phi) is 5.12. The van der Waals surface area contributed by atoms with Gasteiger partial charge in [-0.2, -0.15) is 0 Å². The summed E-state index contributed by atoms with van der Waals surface area (Å²) in [5, 5.41) is 2.96. The minimum Gasteiger partial charge on any atom is -0.322 e. The molecule has 1 N–H and O–H groups in total. The molecule has 3 aromatic rings. The van der Waals surface area contributed by atoms with E-state index in [2.05, 4.69) is 5.32 Å². The van der Waals surface area contributed by atoms with E-state index in [1.165, 1.54) is 4.31 Å². The molecule has 1 amide bonds. The van der Waals surface area contributed by atoms with Crippen LogP contribution in [0, 0.1) is 20.8 Å². The second kappa shape index (κ2) is 7.61. The molecule has 1 heterocycles. The highest BCUT2D eigenvalue weighted by molar-refractivity contribution is 7.92. The molecule has 0 saturated carbocycles. The lowest BCUT2D eigenvalue weighted by atomic mass is 10.1. The molecule has 0 unspecified atom stereocenters. The predicted octanol–water partition coefficient (Wildman–Crippen LogP) is 4.62. The summed E-state index contributed by atoms with van der Waals surface area (Å²) in [6.07, 6.45) is 0.574. The van der Waals surface area contributed by atoms with Gasteiger partial charge in [-0.3, -0.25) is 9.10 Å². The van der Waals surface area contributed by atoms with Crippen molar-refractivity contribution in [2.75, 3.05) is 16.2 Å². The van der Waals surface area contributed by atoms with Gasteiger partial charge in [0.2, 0.25) is 0 Å². The number of fused-ring (bicyclic) bond motifs is 1. The summed E-state index contributed by atoms with van der Waals surface area (Å²) in [5.41, 5.74) is 5.87. The van der Waals surface area contributed by atoms with Gasteiger partial charge in [0.15, 0.2) is 0 Å². The molecule has 5 nitrogen and oxygen atoms in total. The van der Waals surface area contributed by atoms with E-state index in [1.54, 1.807) is 42.5 Å². The molecular formula is C24H24N2O3S. The summed E-state index contributed by atoms with van der Waals surface area (Å²) in [6.45, 7) is 6.22. The zero-order valence-corrected chi connectivity index (χ0v) is 18.1. The van der Waals surface area contributed by atoms with Crippen molar-refractivity contribution < 1.29 is 13.2 Å². The highest BCUT2D eigenvalue weighted by Crippen LogP contribution is 2.34. The van der Waals surface area contributed by atoms with E-state index in [9.17, 15) is 13.2 Å². The molecule has 0 atom stereocenters. The van der Waals surface area contributed by atoms with Crippen molar-refractivity contribution in [3.8, 4) is 0 Å². The summed E-state index contributed by atoms with van der Waals surface area (Å²) in [7, 11) is -3.63. The third-order valence-electron chi connectivity index (χ3n) is 5.44. The Morgan fingerprint density at radius 2 is 1.60 bits per heavy atom. The van der Waals surface area contributed by atoms with Crippen LogP contribution in [0.5, 0.6) is 0 Å². The van der Waals surface area contributed by atoms with Gasteiger partial charge >= 0.3 is 0 Å². The van der Waals surface area contributed by atoms with Crippen molar-refractivity contribution in [2.45, 2.75) is 32.1 Å². The molecule has 0 aliphatic carbocycles. The second-order valence-electron chi connectivity index (χ2n) is 7.76. The molecule has 154 valence electrons. The van der Waals surface area contributed by atoms with E-state index in [4.69, 9.17) is 0 Å². The first-order chi connectivity index (χ1) is 14.3. The summed E-state index contributed by atoms with van der Waals surface area (Å²) < 4.78 is 27.6. The Hall–Kier alpha value is -3.12. The molecule has 4 rings (SSSR count). The Labute approximate surface area is 177 Å². The monoisotopic (exact) mass is 420 g/mol. The largest absolute Gasteiger partial charge is 0.322 e. The maximum absolute atomic E-state index is 13.1. The first-order valence-electron chi connectivity index (χ1n) is 9.86. The Bertz CT molecular complexity index is 1230. The summed E-state index contributed by atoms with van der Waals surface area (Å²) in [5.74, 6) is -0.202. The second-order valence-corrected chi connectivity index (χ2v) is 9.62. The first-order valence-corrected chi connectivity index (χ1v) is 11.3. The number of benzene rings is 3. The minimum absolute atomic E-state index is 0.202. The van der Waals surface area contributed by atoms with Crippen molar-refractivity contribution >= 4 is 27.3 Å². The molecule has 3 aromatic carbocycles. The van der Waals surface area contributed by atoms with Crippen LogP contribution in [0.25, 0.3) is 0 Å². The standard InChI is InChI=1S/C24H24N2O3S/c1-16-5-9-21(10-6-16)30(28,29)26-13-12-19-15-20(8-11-23(19)26)24(27)25-22-14-17(2)4-7-18(22)3/h4-11,14-15H,12-13H2,1-3H3,(H,25,27). The summed E-state index contributed by atoms with van der Waals surface area (Å²) >= 11 is 0. The SMILES string of the molecule is Cc1ccc(S(=O)(=O)N2CCc3cc(C(=O)Nc4cc(C)ccc4C)ccc32)cc1. The average Bonchev–Trinajstić information content (AvgIpc) is 3.15. The van der Waals surface area contributed by atoms with Crippen LogP contribution in [-0.4, -0.2) is 20.9 Å². The number of anilines is 2.